The first-order valence-corrected chi connectivity index (χ1v) is 9.45. The lowest BCUT2D eigenvalue weighted by Gasteiger charge is -2.37. The van der Waals surface area contributed by atoms with E-state index in [9.17, 15) is 9.59 Å². The maximum atomic E-state index is 13.2. The standard InChI is InChI=1S/C20H24ClNO6/c1-5-25-12-27-22-17(23)15(13-8-6-7-9-14(13)21)16(19(22,2)3)28-18(24)20(4)10-26-11-20/h6-9H,5,10-12H2,1-4H3. The zero-order valence-corrected chi connectivity index (χ0v) is 17.2. The molecule has 2 aliphatic heterocycles. The third-order valence-corrected chi connectivity index (χ3v) is 5.16. The van der Waals surface area contributed by atoms with Crippen molar-refractivity contribution in [2.45, 2.75) is 33.2 Å². The number of hydroxylamine groups is 2. The molecule has 1 amide bonds. The summed E-state index contributed by atoms with van der Waals surface area (Å²) in [5, 5.41) is 1.55. The number of amides is 1. The summed E-state index contributed by atoms with van der Waals surface area (Å²) in [7, 11) is 0. The number of carbonyl (C=O) groups excluding carboxylic acids is 2. The third kappa shape index (κ3) is 3.55. The number of esters is 1. The summed E-state index contributed by atoms with van der Waals surface area (Å²) >= 11 is 6.34. The van der Waals surface area contributed by atoms with Crippen LogP contribution in [0.1, 0.15) is 33.3 Å². The molecule has 0 aliphatic carbocycles. The van der Waals surface area contributed by atoms with Crippen molar-refractivity contribution in [3.05, 3.63) is 40.6 Å². The summed E-state index contributed by atoms with van der Waals surface area (Å²) in [5.74, 6) is -0.707. The predicted molar refractivity (Wildman–Crippen MR) is 102 cm³/mol. The van der Waals surface area contributed by atoms with E-state index in [0.29, 0.717) is 17.2 Å². The molecule has 2 heterocycles. The van der Waals surface area contributed by atoms with Crippen LogP contribution in [0.5, 0.6) is 0 Å². The molecule has 8 heteroatoms. The lowest BCUT2D eigenvalue weighted by Crippen LogP contribution is -2.49. The molecule has 0 saturated carbocycles. The molecule has 28 heavy (non-hydrogen) atoms. The van der Waals surface area contributed by atoms with Crippen molar-refractivity contribution in [3.8, 4) is 0 Å². The lowest BCUT2D eigenvalue weighted by atomic mass is 9.88. The van der Waals surface area contributed by atoms with Gasteiger partial charge in [0.2, 0.25) is 0 Å². The fourth-order valence-corrected chi connectivity index (χ4v) is 3.29. The van der Waals surface area contributed by atoms with Crippen LogP contribution < -0.4 is 0 Å². The maximum Gasteiger partial charge on any atom is 0.321 e. The molecule has 0 spiro atoms. The van der Waals surface area contributed by atoms with E-state index in [4.69, 9.17) is 30.6 Å². The van der Waals surface area contributed by atoms with E-state index in [1.54, 1.807) is 45.0 Å². The van der Waals surface area contributed by atoms with Gasteiger partial charge < -0.3 is 14.2 Å². The highest BCUT2D eigenvalue weighted by atomic mass is 35.5. The fourth-order valence-electron chi connectivity index (χ4n) is 3.06. The molecule has 152 valence electrons. The molecule has 0 radical (unpaired) electrons. The first-order valence-electron chi connectivity index (χ1n) is 9.07. The van der Waals surface area contributed by atoms with E-state index < -0.39 is 22.8 Å². The van der Waals surface area contributed by atoms with Crippen molar-refractivity contribution in [2.24, 2.45) is 5.41 Å². The Morgan fingerprint density at radius 3 is 2.50 bits per heavy atom. The van der Waals surface area contributed by atoms with Crippen LogP contribution in [0, 0.1) is 5.41 Å². The highest BCUT2D eigenvalue weighted by Gasteiger charge is 2.52. The Bertz CT molecular complexity index is 815. The third-order valence-electron chi connectivity index (χ3n) is 4.83. The van der Waals surface area contributed by atoms with E-state index in [-0.39, 0.29) is 31.3 Å². The molecule has 0 N–H and O–H groups in total. The molecular formula is C20H24ClNO6. The van der Waals surface area contributed by atoms with E-state index in [1.807, 2.05) is 6.92 Å². The fraction of sp³-hybridized carbons (Fsp3) is 0.500. The normalized spacial score (nSPS) is 20.3. The summed E-state index contributed by atoms with van der Waals surface area (Å²) in [4.78, 5) is 31.5. The van der Waals surface area contributed by atoms with E-state index in [0.717, 1.165) is 0 Å². The van der Waals surface area contributed by atoms with E-state index in [2.05, 4.69) is 0 Å². The zero-order chi connectivity index (χ0) is 20.5. The molecule has 7 nitrogen and oxygen atoms in total. The smallest absolute Gasteiger partial charge is 0.321 e. The van der Waals surface area contributed by atoms with Gasteiger partial charge in [0.25, 0.3) is 5.91 Å². The van der Waals surface area contributed by atoms with Crippen LogP contribution in [-0.4, -0.2) is 49.1 Å². The van der Waals surface area contributed by atoms with Crippen LogP contribution in [0.4, 0.5) is 0 Å². The van der Waals surface area contributed by atoms with Crippen LogP contribution in [-0.2, 0) is 28.6 Å². The Morgan fingerprint density at radius 1 is 1.25 bits per heavy atom. The number of benzene rings is 1. The average Bonchev–Trinajstić information content (AvgIpc) is 2.80. The van der Waals surface area contributed by atoms with Gasteiger partial charge in [-0.1, -0.05) is 29.8 Å². The van der Waals surface area contributed by atoms with Crippen LogP contribution in [0.25, 0.3) is 5.57 Å². The topological polar surface area (TPSA) is 74.3 Å². The van der Waals surface area contributed by atoms with Crippen LogP contribution in [0.15, 0.2) is 30.0 Å². The molecule has 0 atom stereocenters. The number of carbonyl (C=O) groups is 2. The van der Waals surface area contributed by atoms with Crippen molar-refractivity contribution in [2.75, 3.05) is 26.6 Å². The van der Waals surface area contributed by atoms with Gasteiger partial charge in [-0.2, -0.15) is 0 Å². The molecule has 2 aliphatic rings. The minimum absolute atomic E-state index is 0.103. The van der Waals surface area contributed by atoms with Gasteiger partial charge in [-0.15, -0.1) is 0 Å². The van der Waals surface area contributed by atoms with Gasteiger partial charge in [0.1, 0.15) is 16.7 Å². The zero-order valence-electron chi connectivity index (χ0n) is 16.4. The quantitative estimate of drug-likeness (QED) is 0.391. The average molecular weight is 410 g/mol. The number of hydrogen-bond acceptors (Lipinski definition) is 6. The van der Waals surface area contributed by atoms with Crippen molar-refractivity contribution in [3.63, 3.8) is 0 Å². The second kappa shape index (κ2) is 7.83. The number of ether oxygens (including phenoxy) is 3. The van der Waals surface area contributed by atoms with Gasteiger partial charge >= 0.3 is 5.97 Å². The molecule has 0 aromatic heterocycles. The molecular weight excluding hydrogens is 386 g/mol. The van der Waals surface area contributed by atoms with Gasteiger partial charge in [0.05, 0.1) is 18.8 Å². The Morgan fingerprint density at radius 2 is 1.93 bits per heavy atom. The highest BCUT2D eigenvalue weighted by molar-refractivity contribution is 6.35. The number of halogens is 1. The van der Waals surface area contributed by atoms with Gasteiger partial charge in [0, 0.05) is 17.2 Å². The van der Waals surface area contributed by atoms with E-state index >= 15 is 0 Å². The highest BCUT2D eigenvalue weighted by Crippen LogP contribution is 2.44. The van der Waals surface area contributed by atoms with Gasteiger partial charge in [-0.3, -0.25) is 9.59 Å². The Kier molecular flexibility index (Phi) is 5.82. The van der Waals surface area contributed by atoms with Crippen LogP contribution >= 0.6 is 11.6 Å². The van der Waals surface area contributed by atoms with Crippen molar-refractivity contribution < 1.29 is 28.6 Å². The lowest BCUT2D eigenvalue weighted by molar-refractivity contribution is -0.244. The van der Waals surface area contributed by atoms with Crippen molar-refractivity contribution in [1.82, 2.24) is 5.06 Å². The first kappa shape index (κ1) is 20.8. The van der Waals surface area contributed by atoms with Gasteiger partial charge in [0.15, 0.2) is 6.79 Å². The monoisotopic (exact) mass is 409 g/mol. The summed E-state index contributed by atoms with van der Waals surface area (Å²) < 4.78 is 16.2. The minimum Gasteiger partial charge on any atom is -0.427 e. The van der Waals surface area contributed by atoms with E-state index in [1.165, 1.54) is 5.06 Å². The second-order valence-electron chi connectivity index (χ2n) is 7.53. The van der Waals surface area contributed by atoms with Crippen LogP contribution in [0.2, 0.25) is 5.02 Å². The summed E-state index contributed by atoms with van der Waals surface area (Å²) in [6.07, 6.45) is 0. The Balaban J connectivity index is 2.02. The number of nitrogens with zero attached hydrogens (tertiary/aromatic N) is 1. The Hall–Kier alpha value is -1.93. The van der Waals surface area contributed by atoms with Crippen molar-refractivity contribution >= 4 is 29.1 Å². The second-order valence-corrected chi connectivity index (χ2v) is 7.93. The molecule has 1 fully saturated rings. The predicted octanol–water partition coefficient (Wildman–Crippen LogP) is 3.18. The molecule has 3 rings (SSSR count). The van der Waals surface area contributed by atoms with Crippen LogP contribution in [0.3, 0.4) is 0 Å². The SMILES string of the molecule is CCOCON1C(=O)C(c2ccccc2Cl)=C(OC(=O)C2(C)COC2)C1(C)C. The first-order chi connectivity index (χ1) is 13.2. The number of rotatable bonds is 7. The van der Waals surface area contributed by atoms with Gasteiger partial charge in [-0.25, -0.2) is 9.90 Å². The minimum atomic E-state index is -1.04. The largest absolute Gasteiger partial charge is 0.427 e. The summed E-state index contributed by atoms with van der Waals surface area (Å²) in [6.45, 7) is 7.95. The molecule has 1 aromatic rings. The number of hydrogen-bond donors (Lipinski definition) is 0. The molecule has 1 aromatic carbocycles. The summed E-state index contributed by atoms with van der Waals surface area (Å²) in [5.41, 5.74) is -1.11. The Labute approximate surface area is 169 Å². The molecule has 1 saturated heterocycles. The van der Waals surface area contributed by atoms with Gasteiger partial charge in [-0.05, 0) is 33.8 Å². The van der Waals surface area contributed by atoms with Crippen molar-refractivity contribution in [1.29, 1.82) is 0 Å². The maximum absolute atomic E-state index is 13.2. The summed E-state index contributed by atoms with van der Waals surface area (Å²) in [6, 6.07) is 6.91. The molecule has 0 bridgehead atoms. The molecule has 0 unspecified atom stereocenters.